The molecule has 6 heteroatoms. The molecule has 1 aliphatic rings. The van der Waals surface area contributed by atoms with Gasteiger partial charge in [-0.3, -0.25) is 4.79 Å². The first-order valence-electron chi connectivity index (χ1n) is 9.69. The predicted molar refractivity (Wildman–Crippen MR) is 106 cm³/mol. The molecule has 1 fully saturated rings. The fraction of sp³-hybridized carbons (Fsp3) is 0.364. The van der Waals surface area contributed by atoms with Crippen LogP contribution in [0.1, 0.15) is 19.8 Å². The molecule has 0 aliphatic carbocycles. The van der Waals surface area contributed by atoms with Gasteiger partial charge in [-0.2, -0.15) is 0 Å². The van der Waals surface area contributed by atoms with Crippen LogP contribution in [0.5, 0.6) is 0 Å². The van der Waals surface area contributed by atoms with E-state index in [-0.39, 0.29) is 23.7 Å². The highest BCUT2D eigenvalue weighted by molar-refractivity contribution is 5.84. The molecule has 3 aromatic rings. The average molecular weight is 381 g/mol. The van der Waals surface area contributed by atoms with Crippen molar-refractivity contribution in [1.29, 1.82) is 0 Å². The topological polar surface area (TPSA) is 58.4 Å². The number of hydrogen-bond acceptors (Lipinski definition) is 3. The van der Waals surface area contributed by atoms with E-state index in [2.05, 4.69) is 4.98 Å². The van der Waals surface area contributed by atoms with Gasteiger partial charge in [0.15, 0.2) is 0 Å². The van der Waals surface area contributed by atoms with Gasteiger partial charge in [0.1, 0.15) is 11.5 Å². The monoisotopic (exact) mass is 381 g/mol. The number of piperidine rings is 1. The Bertz CT molecular complexity index is 983. The van der Waals surface area contributed by atoms with Gasteiger partial charge in [0.25, 0.3) is 0 Å². The van der Waals surface area contributed by atoms with E-state index in [1.54, 1.807) is 18.3 Å². The number of pyridine rings is 1. The number of hydrogen-bond donors (Lipinski definition) is 1. The van der Waals surface area contributed by atoms with Crippen LogP contribution < -0.4 is 0 Å². The Morgan fingerprint density at radius 2 is 2.07 bits per heavy atom. The number of rotatable bonds is 4. The van der Waals surface area contributed by atoms with E-state index >= 15 is 0 Å². The molecule has 0 spiro atoms. The SMILES string of the molecule is C[C@H]1CN(C(=O)CCn2c(-c3ccc(F)cc3)cc3cccnc32)CC[C@H]1O. The van der Waals surface area contributed by atoms with Crippen LogP contribution in [-0.4, -0.2) is 44.7 Å². The van der Waals surface area contributed by atoms with Crippen LogP contribution in [0.3, 0.4) is 0 Å². The third kappa shape index (κ3) is 3.64. The number of aromatic nitrogens is 2. The number of likely N-dealkylation sites (tertiary alicyclic amines) is 1. The van der Waals surface area contributed by atoms with E-state index in [4.69, 9.17) is 0 Å². The van der Waals surface area contributed by atoms with E-state index in [1.165, 1.54) is 12.1 Å². The van der Waals surface area contributed by atoms with Crippen molar-refractivity contribution >= 4 is 16.9 Å². The number of nitrogens with zero attached hydrogens (tertiary/aromatic N) is 3. The van der Waals surface area contributed by atoms with Crippen LogP contribution in [0, 0.1) is 11.7 Å². The van der Waals surface area contributed by atoms with Gasteiger partial charge >= 0.3 is 0 Å². The molecule has 0 unspecified atom stereocenters. The Hall–Kier alpha value is -2.73. The molecule has 1 aliphatic heterocycles. The van der Waals surface area contributed by atoms with E-state index in [9.17, 15) is 14.3 Å². The molecule has 0 radical (unpaired) electrons. The molecule has 2 aromatic heterocycles. The maximum absolute atomic E-state index is 13.3. The van der Waals surface area contributed by atoms with Crippen LogP contribution in [0.15, 0.2) is 48.7 Å². The summed E-state index contributed by atoms with van der Waals surface area (Å²) in [6.45, 7) is 3.66. The molecule has 1 saturated heterocycles. The highest BCUT2D eigenvalue weighted by atomic mass is 19.1. The van der Waals surface area contributed by atoms with Gasteiger partial charge in [-0.05, 0) is 60.4 Å². The number of amides is 1. The lowest BCUT2D eigenvalue weighted by atomic mass is 9.96. The molecule has 1 N–H and O–H groups in total. The summed E-state index contributed by atoms with van der Waals surface area (Å²) in [5, 5.41) is 10.9. The van der Waals surface area contributed by atoms with Gasteiger partial charge in [0.05, 0.1) is 11.8 Å². The minimum atomic E-state index is -0.327. The van der Waals surface area contributed by atoms with Crippen molar-refractivity contribution in [3.63, 3.8) is 0 Å². The Kier molecular flexibility index (Phi) is 5.13. The van der Waals surface area contributed by atoms with Gasteiger partial charge in [-0.15, -0.1) is 0 Å². The van der Waals surface area contributed by atoms with Crippen LogP contribution in [0.4, 0.5) is 4.39 Å². The molecule has 146 valence electrons. The van der Waals surface area contributed by atoms with Gasteiger partial charge in [0.2, 0.25) is 5.91 Å². The number of halogens is 1. The Morgan fingerprint density at radius 3 is 2.82 bits per heavy atom. The summed E-state index contributed by atoms with van der Waals surface area (Å²) in [5.41, 5.74) is 2.63. The minimum absolute atomic E-state index is 0.0848. The Balaban J connectivity index is 1.58. The van der Waals surface area contributed by atoms with Crippen LogP contribution in [0.2, 0.25) is 0 Å². The zero-order valence-corrected chi connectivity index (χ0v) is 15.9. The molecule has 0 bridgehead atoms. The van der Waals surface area contributed by atoms with E-state index in [1.807, 2.05) is 34.6 Å². The van der Waals surface area contributed by atoms with Crippen molar-refractivity contribution in [2.24, 2.45) is 5.92 Å². The van der Waals surface area contributed by atoms with Gasteiger partial charge in [-0.25, -0.2) is 9.37 Å². The smallest absolute Gasteiger partial charge is 0.224 e. The lowest BCUT2D eigenvalue weighted by Gasteiger charge is -2.34. The predicted octanol–water partition coefficient (Wildman–Crippen LogP) is 3.46. The third-order valence-electron chi connectivity index (χ3n) is 5.56. The van der Waals surface area contributed by atoms with E-state index in [0.717, 1.165) is 22.3 Å². The number of aliphatic hydroxyl groups is 1. The lowest BCUT2D eigenvalue weighted by Crippen LogP contribution is -2.45. The molecular formula is C22H24FN3O2. The summed E-state index contributed by atoms with van der Waals surface area (Å²) in [5.74, 6) is -0.0933. The average Bonchev–Trinajstić information content (AvgIpc) is 3.07. The van der Waals surface area contributed by atoms with Gasteiger partial charge < -0.3 is 14.6 Å². The van der Waals surface area contributed by atoms with Gasteiger partial charge in [0, 0.05) is 37.6 Å². The summed E-state index contributed by atoms with van der Waals surface area (Å²) in [7, 11) is 0. The summed E-state index contributed by atoms with van der Waals surface area (Å²) >= 11 is 0. The number of aliphatic hydroxyl groups excluding tert-OH is 1. The second-order valence-corrected chi connectivity index (χ2v) is 7.53. The van der Waals surface area contributed by atoms with Crippen molar-refractivity contribution in [1.82, 2.24) is 14.5 Å². The van der Waals surface area contributed by atoms with Gasteiger partial charge in [-0.1, -0.05) is 6.92 Å². The maximum Gasteiger partial charge on any atom is 0.224 e. The number of fused-ring (bicyclic) bond motifs is 1. The van der Waals surface area contributed by atoms with E-state index in [0.29, 0.717) is 32.5 Å². The quantitative estimate of drug-likeness (QED) is 0.753. The normalized spacial score (nSPS) is 19.9. The molecule has 3 heterocycles. The zero-order valence-electron chi connectivity index (χ0n) is 15.9. The largest absolute Gasteiger partial charge is 0.393 e. The summed E-state index contributed by atoms with van der Waals surface area (Å²) in [4.78, 5) is 19.1. The van der Waals surface area contributed by atoms with E-state index < -0.39 is 0 Å². The van der Waals surface area contributed by atoms with Crippen molar-refractivity contribution in [3.8, 4) is 11.3 Å². The number of carbonyl (C=O) groups is 1. The van der Waals surface area contributed by atoms with Crippen molar-refractivity contribution < 1.29 is 14.3 Å². The number of carbonyl (C=O) groups excluding carboxylic acids is 1. The number of benzene rings is 1. The van der Waals surface area contributed by atoms with Crippen molar-refractivity contribution in [2.75, 3.05) is 13.1 Å². The van der Waals surface area contributed by atoms with Crippen LogP contribution in [-0.2, 0) is 11.3 Å². The third-order valence-corrected chi connectivity index (χ3v) is 5.56. The minimum Gasteiger partial charge on any atom is -0.393 e. The highest BCUT2D eigenvalue weighted by Gasteiger charge is 2.27. The lowest BCUT2D eigenvalue weighted by molar-refractivity contribution is -0.134. The number of aryl methyl sites for hydroxylation is 1. The maximum atomic E-state index is 13.3. The van der Waals surface area contributed by atoms with Crippen molar-refractivity contribution in [3.05, 3.63) is 54.5 Å². The fourth-order valence-corrected chi connectivity index (χ4v) is 3.90. The molecule has 2 atom stereocenters. The Morgan fingerprint density at radius 1 is 1.29 bits per heavy atom. The Labute approximate surface area is 163 Å². The molecule has 4 rings (SSSR count). The first-order chi connectivity index (χ1) is 13.5. The summed E-state index contributed by atoms with van der Waals surface area (Å²) < 4.78 is 15.4. The molecule has 28 heavy (non-hydrogen) atoms. The molecule has 1 amide bonds. The van der Waals surface area contributed by atoms with Crippen LogP contribution >= 0.6 is 0 Å². The fourth-order valence-electron chi connectivity index (χ4n) is 3.90. The first kappa shape index (κ1) is 18.6. The first-order valence-corrected chi connectivity index (χ1v) is 9.69. The molecule has 1 aromatic carbocycles. The second kappa shape index (κ2) is 7.72. The molecule has 5 nitrogen and oxygen atoms in total. The molecule has 0 saturated carbocycles. The summed E-state index contributed by atoms with van der Waals surface area (Å²) in [6.07, 6.45) is 2.40. The van der Waals surface area contributed by atoms with Crippen LogP contribution in [0.25, 0.3) is 22.3 Å². The second-order valence-electron chi connectivity index (χ2n) is 7.53. The van der Waals surface area contributed by atoms with Crippen molar-refractivity contribution in [2.45, 2.75) is 32.4 Å². The standard InChI is InChI=1S/C22H24FN3O2/c1-15-14-25(11-8-20(15)27)21(28)9-12-26-19(16-4-6-18(23)7-5-16)13-17-3-2-10-24-22(17)26/h2-7,10,13,15,20,27H,8-9,11-12,14H2,1H3/t15-,20+/m0/s1. The highest BCUT2D eigenvalue weighted by Crippen LogP contribution is 2.28. The summed E-state index contributed by atoms with van der Waals surface area (Å²) in [6, 6.07) is 12.3. The zero-order chi connectivity index (χ0) is 19.7. The molecular weight excluding hydrogens is 357 g/mol.